The molecule has 0 aromatic rings. The normalized spacial score (nSPS) is 20.3. The predicted molar refractivity (Wildman–Crippen MR) is 65.5 cm³/mol. The lowest BCUT2D eigenvalue weighted by molar-refractivity contribution is -0.586. The maximum absolute atomic E-state index is 14.0. The molecule has 4 nitrogen and oxygen atoms in total. The van der Waals surface area contributed by atoms with Crippen LogP contribution in [-0.4, -0.2) is 67.4 Å². The van der Waals surface area contributed by atoms with Crippen molar-refractivity contribution < 1.29 is 111 Å². The Kier molecular flexibility index (Phi) is 9.11. The summed E-state index contributed by atoms with van der Waals surface area (Å²) in [5, 5.41) is 0. The Morgan fingerprint density at radius 1 is 0.378 bits per heavy atom. The van der Waals surface area contributed by atoms with E-state index < -0.39 is 67.4 Å². The van der Waals surface area contributed by atoms with Gasteiger partial charge in [-0.3, -0.25) is 9.47 Å². The zero-order valence-electron chi connectivity index (χ0n) is 16.3. The summed E-state index contributed by atoms with van der Waals surface area (Å²) in [5.41, 5.74) is 0. The van der Waals surface area contributed by atoms with Crippen molar-refractivity contribution >= 4 is 0 Å². The van der Waals surface area contributed by atoms with Gasteiger partial charge in [0, 0.05) is 0 Å². The van der Waals surface area contributed by atoms with Crippen molar-refractivity contribution in [2.45, 2.75) is 67.7 Å². The van der Waals surface area contributed by atoms with Crippen molar-refractivity contribution in [3.63, 3.8) is 0 Å². The molecule has 0 saturated heterocycles. The van der Waals surface area contributed by atoms with Crippen LogP contribution in [0.2, 0.25) is 0 Å². The lowest BCUT2D eigenvalue weighted by Gasteiger charge is -2.42. The van der Waals surface area contributed by atoms with Crippen molar-refractivity contribution in [1.29, 1.82) is 0 Å². The maximum atomic E-state index is 14.0. The second kappa shape index (κ2) is 9.53. The van der Waals surface area contributed by atoms with E-state index in [-0.39, 0.29) is 6.92 Å². The molecule has 0 rings (SSSR count). The van der Waals surface area contributed by atoms with Crippen molar-refractivity contribution in [1.82, 2.24) is 0 Å². The van der Waals surface area contributed by atoms with Gasteiger partial charge in [0.1, 0.15) is 0 Å². The Labute approximate surface area is 187 Å². The highest BCUT2D eigenvalue weighted by Gasteiger charge is 2.88. The molecule has 224 valence electrons. The molecule has 0 spiro atoms. The molecule has 0 bridgehead atoms. The minimum absolute atomic E-state index is 0.250. The minimum Gasteiger partial charge on any atom is -0.316 e. The highest BCUT2D eigenvalue weighted by Crippen LogP contribution is 2.58. The maximum Gasteiger partial charge on any atom is 0.525 e. The summed E-state index contributed by atoms with van der Waals surface area (Å²) < 4.78 is 279. The molecular weight excluding hydrogens is 607 g/mol. The van der Waals surface area contributed by atoms with Gasteiger partial charge in [-0.25, -0.2) is 4.74 Å². The molecule has 3 unspecified atom stereocenters. The molecule has 0 N–H and O–H groups in total. The van der Waals surface area contributed by atoms with Crippen molar-refractivity contribution in [2.75, 3.05) is 6.61 Å². The lowest BCUT2D eigenvalue weighted by Crippen LogP contribution is -2.70. The van der Waals surface area contributed by atoms with Crippen molar-refractivity contribution in [3.8, 4) is 0 Å². The number of halogens is 21. The molecular formula is C12H5F21O4. The van der Waals surface area contributed by atoms with Gasteiger partial charge in [-0.05, 0) is 6.92 Å². The molecule has 0 aliphatic heterocycles. The molecule has 0 aliphatic carbocycles. The van der Waals surface area contributed by atoms with E-state index >= 15 is 0 Å². The first kappa shape index (κ1) is 35.4. The average Bonchev–Trinajstić information content (AvgIpc) is 2.55. The first-order chi connectivity index (χ1) is 15.7. The van der Waals surface area contributed by atoms with E-state index in [1.165, 1.54) is 14.2 Å². The van der Waals surface area contributed by atoms with Crippen LogP contribution in [0.1, 0.15) is 6.92 Å². The molecule has 0 saturated carbocycles. The monoisotopic (exact) mass is 612 g/mol. The third-order valence-electron chi connectivity index (χ3n) is 3.34. The summed E-state index contributed by atoms with van der Waals surface area (Å²) in [7, 11) is 0. The van der Waals surface area contributed by atoms with Gasteiger partial charge in [-0.1, -0.05) is 0 Å². The molecule has 0 fully saturated rings. The number of alkyl halides is 21. The highest BCUT2D eigenvalue weighted by atomic mass is 19.4. The first-order valence-corrected chi connectivity index (χ1v) is 7.89. The quantitative estimate of drug-likeness (QED) is 0.248. The molecule has 37 heavy (non-hydrogen) atoms. The molecule has 0 amide bonds. The summed E-state index contributed by atoms with van der Waals surface area (Å²) in [6.45, 7) is -1.58. The second-order valence-corrected chi connectivity index (χ2v) is 6.01. The van der Waals surface area contributed by atoms with E-state index in [1.807, 2.05) is 0 Å². The largest absolute Gasteiger partial charge is 0.525 e. The SMILES string of the molecule is CCOC(F)(F)C(F)(OC(F)(F)C(F)(OC(F)(F)C(F)(OC(F)(F)F)C(F)(F)F)C(F)(F)F)C(F)(F)F. The van der Waals surface area contributed by atoms with Gasteiger partial charge < -0.3 is 4.74 Å². The average molecular weight is 612 g/mol. The Bertz CT molecular complexity index is 782. The van der Waals surface area contributed by atoms with Crippen LogP contribution in [0.4, 0.5) is 92.2 Å². The standard InChI is InChI=1S/C12H5F21O4/c1-2-34-9(25,26)3(13,6(16,17)18)35-10(27,28)4(14,7(19,20)21)36-11(29,30)5(15,8(22,23)24)37-12(31,32)33/h2H2,1H3. The number of hydrogen-bond acceptors (Lipinski definition) is 4. The van der Waals surface area contributed by atoms with Crippen LogP contribution in [-0.2, 0) is 18.9 Å². The van der Waals surface area contributed by atoms with Crippen LogP contribution in [0.25, 0.3) is 0 Å². The zero-order chi connectivity index (χ0) is 30.5. The minimum atomic E-state index is -8.47. The molecule has 0 heterocycles. The summed E-state index contributed by atoms with van der Waals surface area (Å²) in [5.74, 6) is -24.2. The van der Waals surface area contributed by atoms with Crippen LogP contribution >= 0.6 is 0 Å². The zero-order valence-corrected chi connectivity index (χ0v) is 16.3. The summed E-state index contributed by atoms with van der Waals surface area (Å²) in [4.78, 5) is 0. The summed E-state index contributed by atoms with van der Waals surface area (Å²) in [6, 6.07) is 0. The topological polar surface area (TPSA) is 36.9 Å². The molecule has 0 radical (unpaired) electrons. The fourth-order valence-corrected chi connectivity index (χ4v) is 1.76. The van der Waals surface area contributed by atoms with Crippen LogP contribution in [0, 0.1) is 0 Å². The Morgan fingerprint density at radius 2 is 0.622 bits per heavy atom. The molecule has 0 aliphatic rings. The summed E-state index contributed by atoms with van der Waals surface area (Å²) >= 11 is 0. The van der Waals surface area contributed by atoms with E-state index in [1.54, 1.807) is 0 Å². The van der Waals surface area contributed by atoms with Gasteiger partial charge in [0.15, 0.2) is 0 Å². The van der Waals surface area contributed by atoms with Crippen LogP contribution < -0.4 is 0 Å². The fourth-order valence-electron chi connectivity index (χ4n) is 1.76. The predicted octanol–water partition coefficient (Wildman–Crippen LogP) is 7.06. The third-order valence-corrected chi connectivity index (χ3v) is 3.34. The highest BCUT2D eigenvalue weighted by molar-refractivity contribution is 4.97. The van der Waals surface area contributed by atoms with E-state index in [9.17, 15) is 92.2 Å². The van der Waals surface area contributed by atoms with E-state index in [4.69, 9.17) is 0 Å². The van der Waals surface area contributed by atoms with E-state index in [0.29, 0.717) is 0 Å². The second-order valence-electron chi connectivity index (χ2n) is 6.01. The molecule has 3 atom stereocenters. The third kappa shape index (κ3) is 6.51. The van der Waals surface area contributed by atoms with Gasteiger partial charge in [0.25, 0.3) is 0 Å². The lowest BCUT2D eigenvalue weighted by atomic mass is 10.2. The Hall–Kier alpha value is -1.63. The van der Waals surface area contributed by atoms with Crippen molar-refractivity contribution in [3.05, 3.63) is 0 Å². The van der Waals surface area contributed by atoms with E-state index in [0.717, 1.165) is 0 Å². The number of rotatable bonds is 10. The first-order valence-electron chi connectivity index (χ1n) is 7.89. The van der Waals surface area contributed by atoms with Crippen LogP contribution in [0.15, 0.2) is 0 Å². The summed E-state index contributed by atoms with van der Waals surface area (Å²) in [6.07, 6.45) is -54.9. The molecule has 0 aromatic heterocycles. The van der Waals surface area contributed by atoms with Gasteiger partial charge in [0.05, 0.1) is 6.61 Å². The van der Waals surface area contributed by atoms with E-state index in [2.05, 4.69) is 4.74 Å². The van der Waals surface area contributed by atoms with Crippen LogP contribution in [0.3, 0.4) is 0 Å². The van der Waals surface area contributed by atoms with Gasteiger partial charge in [-0.15, -0.1) is 13.2 Å². The molecule has 25 heteroatoms. The van der Waals surface area contributed by atoms with Gasteiger partial charge >= 0.3 is 60.8 Å². The Balaban J connectivity index is 7.11. The van der Waals surface area contributed by atoms with Gasteiger partial charge in [0.2, 0.25) is 0 Å². The van der Waals surface area contributed by atoms with Crippen LogP contribution in [0.5, 0.6) is 0 Å². The number of ether oxygens (including phenoxy) is 4. The smallest absolute Gasteiger partial charge is 0.316 e. The fraction of sp³-hybridized carbons (Fsp3) is 1.00. The number of hydrogen-bond donors (Lipinski definition) is 0. The Morgan fingerprint density at radius 3 is 0.838 bits per heavy atom. The van der Waals surface area contributed by atoms with Crippen molar-refractivity contribution in [2.24, 2.45) is 0 Å². The van der Waals surface area contributed by atoms with Gasteiger partial charge in [-0.2, -0.15) is 79.0 Å². The molecule has 0 aromatic carbocycles.